The number of para-hydroxylation sites is 1. The fourth-order valence-electron chi connectivity index (χ4n) is 4.38. The van der Waals surface area contributed by atoms with Crippen LogP contribution in [-0.2, 0) is 14.8 Å². The summed E-state index contributed by atoms with van der Waals surface area (Å²) in [5, 5.41) is 2.94. The van der Waals surface area contributed by atoms with Crippen LogP contribution in [0.1, 0.15) is 26.2 Å². The molecule has 1 atom stereocenters. The van der Waals surface area contributed by atoms with Gasteiger partial charge in [-0.2, -0.15) is 4.31 Å². The molecule has 2 saturated heterocycles. The van der Waals surface area contributed by atoms with Crippen LogP contribution in [-0.4, -0.2) is 68.8 Å². The largest absolute Gasteiger partial charge is 0.369 e. The molecule has 172 valence electrons. The molecule has 1 N–H and O–H groups in total. The third kappa shape index (κ3) is 5.14. The Kier molecular flexibility index (Phi) is 7.13. The predicted octanol–water partition coefficient (Wildman–Crippen LogP) is 3.01. The van der Waals surface area contributed by atoms with Gasteiger partial charge in [-0.1, -0.05) is 24.6 Å². The molecule has 0 spiro atoms. The Bertz CT molecular complexity index is 997. The number of amides is 1. The Hall–Kier alpha value is -2.42. The highest BCUT2D eigenvalue weighted by atomic mass is 32.2. The zero-order valence-corrected chi connectivity index (χ0v) is 19.4. The number of piperidine rings is 1. The first-order valence-electron chi connectivity index (χ1n) is 11.4. The first-order chi connectivity index (χ1) is 15.4. The van der Waals surface area contributed by atoms with Gasteiger partial charge in [0.2, 0.25) is 15.9 Å². The van der Waals surface area contributed by atoms with E-state index in [4.69, 9.17) is 0 Å². The van der Waals surface area contributed by atoms with E-state index in [-0.39, 0.29) is 16.8 Å². The van der Waals surface area contributed by atoms with E-state index < -0.39 is 10.0 Å². The number of hydrogen-bond donors (Lipinski definition) is 1. The summed E-state index contributed by atoms with van der Waals surface area (Å²) >= 11 is 0. The molecule has 1 amide bonds. The van der Waals surface area contributed by atoms with Crippen LogP contribution in [0.25, 0.3) is 0 Å². The average Bonchev–Trinajstić information content (AvgIpc) is 2.85. The van der Waals surface area contributed by atoms with Gasteiger partial charge in [0, 0.05) is 50.6 Å². The number of sulfonamides is 1. The molecule has 2 fully saturated rings. The Morgan fingerprint density at radius 2 is 1.47 bits per heavy atom. The lowest BCUT2D eigenvalue weighted by Gasteiger charge is -2.38. The zero-order valence-electron chi connectivity index (χ0n) is 18.6. The highest BCUT2D eigenvalue weighted by Crippen LogP contribution is 2.22. The SMILES string of the molecule is CC(C(=O)Nc1ccc(S(=O)(=O)N2CCCCC2)cc1)N1CCN(c2ccccc2)CC1. The van der Waals surface area contributed by atoms with Crippen LogP contribution >= 0.6 is 0 Å². The molecule has 0 radical (unpaired) electrons. The van der Waals surface area contributed by atoms with Crippen LogP contribution in [0, 0.1) is 0 Å². The number of carbonyl (C=O) groups excluding carboxylic acids is 1. The first-order valence-corrected chi connectivity index (χ1v) is 12.8. The van der Waals surface area contributed by atoms with Gasteiger partial charge < -0.3 is 10.2 Å². The Morgan fingerprint density at radius 1 is 0.844 bits per heavy atom. The lowest BCUT2D eigenvalue weighted by molar-refractivity contribution is -0.120. The molecule has 2 aromatic rings. The van der Waals surface area contributed by atoms with Crippen molar-refractivity contribution in [3.8, 4) is 0 Å². The average molecular weight is 457 g/mol. The van der Waals surface area contributed by atoms with Gasteiger partial charge in [-0.15, -0.1) is 0 Å². The lowest BCUT2D eigenvalue weighted by atomic mass is 10.2. The maximum Gasteiger partial charge on any atom is 0.243 e. The summed E-state index contributed by atoms with van der Waals surface area (Å²) in [4.78, 5) is 17.6. The van der Waals surface area contributed by atoms with Gasteiger partial charge in [0.05, 0.1) is 10.9 Å². The smallest absolute Gasteiger partial charge is 0.243 e. The van der Waals surface area contributed by atoms with Crippen molar-refractivity contribution in [1.29, 1.82) is 0 Å². The molecule has 2 aliphatic rings. The van der Waals surface area contributed by atoms with Crippen molar-refractivity contribution in [3.63, 3.8) is 0 Å². The Labute approximate surface area is 191 Å². The van der Waals surface area contributed by atoms with Gasteiger partial charge in [-0.25, -0.2) is 8.42 Å². The molecule has 0 saturated carbocycles. The van der Waals surface area contributed by atoms with Gasteiger partial charge in [0.1, 0.15) is 0 Å². The number of piperazine rings is 1. The van der Waals surface area contributed by atoms with Crippen molar-refractivity contribution in [2.24, 2.45) is 0 Å². The maximum atomic E-state index is 12.8. The number of carbonyl (C=O) groups is 1. The first kappa shape index (κ1) is 22.8. The maximum absolute atomic E-state index is 12.8. The Morgan fingerprint density at radius 3 is 2.09 bits per heavy atom. The molecule has 8 heteroatoms. The highest BCUT2D eigenvalue weighted by Gasteiger charge is 2.27. The molecule has 0 bridgehead atoms. The molecule has 7 nitrogen and oxygen atoms in total. The molecule has 2 heterocycles. The third-order valence-corrected chi connectivity index (χ3v) is 8.35. The monoisotopic (exact) mass is 456 g/mol. The third-order valence-electron chi connectivity index (χ3n) is 6.44. The van der Waals surface area contributed by atoms with Crippen LogP contribution in [0.5, 0.6) is 0 Å². The van der Waals surface area contributed by atoms with Gasteiger partial charge in [0.25, 0.3) is 0 Å². The van der Waals surface area contributed by atoms with E-state index in [2.05, 4.69) is 27.2 Å². The summed E-state index contributed by atoms with van der Waals surface area (Å²) in [6, 6.07) is 16.6. The van der Waals surface area contributed by atoms with Crippen LogP contribution < -0.4 is 10.2 Å². The topological polar surface area (TPSA) is 73.0 Å². The fraction of sp³-hybridized carbons (Fsp3) is 0.458. The predicted molar refractivity (Wildman–Crippen MR) is 127 cm³/mol. The summed E-state index contributed by atoms with van der Waals surface area (Å²) in [5.41, 5.74) is 1.83. The van der Waals surface area contributed by atoms with E-state index in [0.29, 0.717) is 18.8 Å². The standard InChI is InChI=1S/C24H32N4O3S/c1-20(26-16-18-27(19-17-26)22-8-4-2-5-9-22)24(29)25-21-10-12-23(13-11-21)32(30,31)28-14-6-3-7-15-28/h2,4-5,8-13,20H,3,6-7,14-19H2,1H3,(H,25,29). The summed E-state index contributed by atoms with van der Waals surface area (Å²) in [6.07, 6.45) is 2.90. The van der Waals surface area contributed by atoms with Crippen molar-refractivity contribution < 1.29 is 13.2 Å². The molecule has 32 heavy (non-hydrogen) atoms. The highest BCUT2D eigenvalue weighted by molar-refractivity contribution is 7.89. The fourth-order valence-corrected chi connectivity index (χ4v) is 5.90. The summed E-state index contributed by atoms with van der Waals surface area (Å²) < 4.78 is 27.1. The van der Waals surface area contributed by atoms with E-state index >= 15 is 0 Å². The second-order valence-corrected chi connectivity index (χ2v) is 10.5. The van der Waals surface area contributed by atoms with Crippen molar-refractivity contribution in [1.82, 2.24) is 9.21 Å². The quantitative estimate of drug-likeness (QED) is 0.724. The van der Waals surface area contributed by atoms with E-state index in [1.165, 1.54) is 5.69 Å². The number of hydrogen-bond acceptors (Lipinski definition) is 5. The number of anilines is 2. The van der Waals surface area contributed by atoms with Gasteiger partial charge in [-0.3, -0.25) is 9.69 Å². The van der Waals surface area contributed by atoms with Crippen LogP contribution in [0.4, 0.5) is 11.4 Å². The number of nitrogens with zero attached hydrogens (tertiary/aromatic N) is 3. The van der Waals surface area contributed by atoms with Crippen molar-refractivity contribution in [2.75, 3.05) is 49.5 Å². The minimum atomic E-state index is -3.46. The van der Waals surface area contributed by atoms with Crippen molar-refractivity contribution in [3.05, 3.63) is 54.6 Å². The second-order valence-electron chi connectivity index (χ2n) is 8.51. The lowest BCUT2D eigenvalue weighted by Crippen LogP contribution is -2.52. The van der Waals surface area contributed by atoms with E-state index in [0.717, 1.165) is 45.4 Å². The van der Waals surface area contributed by atoms with Crippen molar-refractivity contribution >= 4 is 27.3 Å². The number of rotatable bonds is 6. The van der Waals surface area contributed by atoms with E-state index in [1.54, 1.807) is 28.6 Å². The van der Waals surface area contributed by atoms with Gasteiger partial charge in [0.15, 0.2) is 0 Å². The molecule has 0 aliphatic carbocycles. The number of nitrogens with one attached hydrogen (secondary N) is 1. The van der Waals surface area contributed by atoms with Crippen LogP contribution in [0.2, 0.25) is 0 Å². The molecular formula is C24H32N4O3S. The zero-order chi connectivity index (χ0) is 22.6. The summed E-state index contributed by atoms with van der Waals surface area (Å²) in [7, 11) is -3.46. The molecule has 2 aromatic carbocycles. The van der Waals surface area contributed by atoms with Gasteiger partial charge >= 0.3 is 0 Å². The molecule has 1 unspecified atom stereocenters. The van der Waals surface area contributed by atoms with E-state index in [9.17, 15) is 13.2 Å². The summed E-state index contributed by atoms with van der Waals surface area (Å²) in [5.74, 6) is -0.0789. The van der Waals surface area contributed by atoms with Crippen molar-refractivity contribution in [2.45, 2.75) is 37.1 Å². The van der Waals surface area contributed by atoms with Crippen LogP contribution in [0.3, 0.4) is 0 Å². The molecule has 0 aromatic heterocycles. The summed E-state index contributed by atoms with van der Waals surface area (Å²) in [6.45, 7) is 6.47. The Balaban J connectivity index is 1.32. The second kappa shape index (κ2) is 10.0. The molecule has 4 rings (SSSR count). The van der Waals surface area contributed by atoms with Crippen LogP contribution in [0.15, 0.2) is 59.5 Å². The van der Waals surface area contributed by atoms with Gasteiger partial charge in [-0.05, 0) is 56.2 Å². The number of benzene rings is 2. The normalized spacial score (nSPS) is 19.5. The molecular weight excluding hydrogens is 424 g/mol. The minimum absolute atomic E-state index is 0.0789. The minimum Gasteiger partial charge on any atom is -0.369 e. The molecule has 2 aliphatic heterocycles. The van der Waals surface area contributed by atoms with E-state index in [1.807, 2.05) is 25.1 Å².